The first-order chi connectivity index (χ1) is 11.2. The summed E-state index contributed by atoms with van der Waals surface area (Å²) < 4.78 is 9.82. The molecule has 1 aromatic carbocycles. The van der Waals surface area contributed by atoms with Crippen molar-refractivity contribution < 1.29 is 23.9 Å². The standard InChI is InChI=1S/C18H25NO5/c1-18(2,3)24-16(21)12-14(17(22)23-4)19-15(20)11-10-13-8-6-5-7-9-13/h5-9,14H,10-12H2,1-4H3,(H,19,20)/t14-/m0/s1. The molecule has 1 aromatic rings. The highest BCUT2D eigenvalue weighted by molar-refractivity contribution is 5.88. The van der Waals surface area contributed by atoms with Crippen LogP contribution in [0.1, 0.15) is 39.2 Å². The molecule has 0 aliphatic heterocycles. The SMILES string of the molecule is COC(=O)[C@H](CC(=O)OC(C)(C)C)NC(=O)CCc1ccccc1. The highest BCUT2D eigenvalue weighted by Gasteiger charge is 2.27. The number of nitrogens with one attached hydrogen (secondary N) is 1. The predicted octanol–water partition coefficient (Wildman–Crippen LogP) is 2.01. The van der Waals surface area contributed by atoms with Crippen LogP contribution in [0.2, 0.25) is 0 Å². The fourth-order valence-corrected chi connectivity index (χ4v) is 2.05. The smallest absolute Gasteiger partial charge is 0.328 e. The van der Waals surface area contributed by atoms with Crippen molar-refractivity contribution in [3.05, 3.63) is 35.9 Å². The van der Waals surface area contributed by atoms with Gasteiger partial charge in [0.15, 0.2) is 0 Å². The summed E-state index contributed by atoms with van der Waals surface area (Å²) in [5.41, 5.74) is 0.365. The van der Waals surface area contributed by atoms with Gasteiger partial charge in [0.25, 0.3) is 0 Å². The molecule has 0 saturated carbocycles. The number of benzene rings is 1. The summed E-state index contributed by atoms with van der Waals surface area (Å²) in [6.45, 7) is 5.20. The van der Waals surface area contributed by atoms with Crippen molar-refractivity contribution in [2.24, 2.45) is 0 Å². The number of methoxy groups -OCH3 is 1. The number of amides is 1. The predicted molar refractivity (Wildman–Crippen MR) is 89.2 cm³/mol. The first-order valence-electron chi connectivity index (χ1n) is 7.84. The van der Waals surface area contributed by atoms with E-state index in [1.54, 1.807) is 20.8 Å². The van der Waals surface area contributed by atoms with E-state index in [0.29, 0.717) is 6.42 Å². The summed E-state index contributed by atoms with van der Waals surface area (Å²) in [6, 6.07) is 8.49. The maximum atomic E-state index is 12.0. The number of ether oxygens (including phenoxy) is 2. The largest absolute Gasteiger partial charge is 0.467 e. The Morgan fingerprint density at radius 3 is 2.29 bits per heavy atom. The van der Waals surface area contributed by atoms with Crippen LogP contribution in [0, 0.1) is 0 Å². The number of rotatable bonds is 7. The lowest BCUT2D eigenvalue weighted by molar-refractivity contribution is -0.159. The molecule has 6 nitrogen and oxygen atoms in total. The Hall–Kier alpha value is -2.37. The Morgan fingerprint density at radius 2 is 1.75 bits per heavy atom. The second kappa shape index (κ2) is 9.05. The van der Waals surface area contributed by atoms with Gasteiger partial charge in [-0.05, 0) is 32.8 Å². The van der Waals surface area contributed by atoms with Gasteiger partial charge in [0.1, 0.15) is 11.6 Å². The van der Waals surface area contributed by atoms with Crippen LogP contribution in [0.15, 0.2) is 30.3 Å². The molecule has 24 heavy (non-hydrogen) atoms. The zero-order valence-corrected chi connectivity index (χ0v) is 14.6. The molecule has 0 aliphatic carbocycles. The van der Waals surface area contributed by atoms with Crippen molar-refractivity contribution in [3.63, 3.8) is 0 Å². The van der Waals surface area contributed by atoms with Crippen LogP contribution in [-0.4, -0.2) is 36.6 Å². The van der Waals surface area contributed by atoms with E-state index in [4.69, 9.17) is 4.74 Å². The fraction of sp³-hybridized carbons (Fsp3) is 0.500. The lowest BCUT2D eigenvalue weighted by atomic mass is 10.1. The molecule has 0 aliphatic rings. The summed E-state index contributed by atoms with van der Waals surface area (Å²) in [7, 11) is 1.21. The van der Waals surface area contributed by atoms with Gasteiger partial charge >= 0.3 is 11.9 Å². The van der Waals surface area contributed by atoms with Crippen LogP contribution in [0.3, 0.4) is 0 Å². The van der Waals surface area contributed by atoms with Crippen molar-refractivity contribution in [3.8, 4) is 0 Å². The molecule has 1 rings (SSSR count). The van der Waals surface area contributed by atoms with Crippen molar-refractivity contribution in [1.82, 2.24) is 5.32 Å². The minimum atomic E-state index is -1.05. The second-order valence-corrected chi connectivity index (χ2v) is 6.42. The number of aryl methyl sites for hydroxylation is 1. The van der Waals surface area contributed by atoms with Gasteiger partial charge < -0.3 is 14.8 Å². The van der Waals surface area contributed by atoms with Crippen molar-refractivity contribution in [2.45, 2.75) is 51.7 Å². The van der Waals surface area contributed by atoms with E-state index in [9.17, 15) is 14.4 Å². The molecular weight excluding hydrogens is 310 g/mol. The number of esters is 2. The molecule has 132 valence electrons. The van der Waals surface area contributed by atoms with Crippen molar-refractivity contribution in [1.29, 1.82) is 0 Å². The van der Waals surface area contributed by atoms with Gasteiger partial charge in [-0.1, -0.05) is 30.3 Å². The van der Waals surface area contributed by atoms with E-state index < -0.39 is 23.6 Å². The summed E-state index contributed by atoms with van der Waals surface area (Å²) in [5.74, 6) is -1.56. The second-order valence-electron chi connectivity index (χ2n) is 6.42. The lowest BCUT2D eigenvalue weighted by Gasteiger charge is -2.22. The molecule has 6 heteroatoms. The van der Waals surface area contributed by atoms with Gasteiger partial charge in [0, 0.05) is 6.42 Å². The fourth-order valence-electron chi connectivity index (χ4n) is 2.05. The van der Waals surface area contributed by atoms with Crippen LogP contribution in [0.4, 0.5) is 0 Å². The van der Waals surface area contributed by atoms with Gasteiger partial charge in [-0.15, -0.1) is 0 Å². The molecule has 0 radical (unpaired) electrons. The quantitative estimate of drug-likeness (QED) is 0.771. The van der Waals surface area contributed by atoms with Gasteiger partial charge in [-0.2, -0.15) is 0 Å². The molecule has 0 fully saturated rings. The molecule has 0 heterocycles. The molecule has 1 amide bonds. The van der Waals surface area contributed by atoms with E-state index in [1.807, 2.05) is 30.3 Å². The molecular formula is C18H25NO5. The Kier molecular flexibility index (Phi) is 7.42. The average molecular weight is 335 g/mol. The van der Waals surface area contributed by atoms with Crippen LogP contribution >= 0.6 is 0 Å². The molecule has 1 atom stereocenters. The van der Waals surface area contributed by atoms with Gasteiger partial charge in [0.2, 0.25) is 5.91 Å². The monoisotopic (exact) mass is 335 g/mol. The maximum Gasteiger partial charge on any atom is 0.328 e. The van der Waals surface area contributed by atoms with Crippen LogP contribution in [-0.2, 0) is 30.3 Å². The Balaban J connectivity index is 2.57. The van der Waals surface area contributed by atoms with Crippen molar-refractivity contribution in [2.75, 3.05) is 7.11 Å². The molecule has 0 spiro atoms. The topological polar surface area (TPSA) is 81.7 Å². The van der Waals surface area contributed by atoms with E-state index >= 15 is 0 Å². The zero-order valence-electron chi connectivity index (χ0n) is 14.6. The zero-order chi connectivity index (χ0) is 18.2. The third-order valence-electron chi connectivity index (χ3n) is 3.10. The summed E-state index contributed by atoms with van der Waals surface area (Å²) >= 11 is 0. The molecule has 0 saturated heterocycles. The minimum Gasteiger partial charge on any atom is -0.467 e. The van der Waals surface area contributed by atoms with E-state index in [1.165, 1.54) is 7.11 Å². The highest BCUT2D eigenvalue weighted by atomic mass is 16.6. The van der Waals surface area contributed by atoms with E-state index in [0.717, 1.165) is 5.56 Å². The molecule has 0 unspecified atom stereocenters. The first-order valence-corrected chi connectivity index (χ1v) is 7.84. The normalized spacial score (nSPS) is 12.2. The minimum absolute atomic E-state index is 0.214. The number of carbonyl (C=O) groups excluding carboxylic acids is 3. The Labute approximate surface area is 142 Å². The Bertz CT molecular complexity index is 563. The number of hydrogen-bond acceptors (Lipinski definition) is 5. The molecule has 0 aromatic heterocycles. The van der Waals surface area contributed by atoms with Gasteiger partial charge in [-0.25, -0.2) is 4.79 Å². The summed E-state index contributed by atoms with van der Waals surface area (Å²) in [4.78, 5) is 35.7. The summed E-state index contributed by atoms with van der Waals surface area (Å²) in [5, 5.41) is 2.54. The number of hydrogen-bond donors (Lipinski definition) is 1. The highest BCUT2D eigenvalue weighted by Crippen LogP contribution is 2.10. The third-order valence-corrected chi connectivity index (χ3v) is 3.10. The number of carbonyl (C=O) groups is 3. The van der Waals surface area contributed by atoms with E-state index in [-0.39, 0.29) is 18.7 Å². The van der Waals surface area contributed by atoms with Crippen LogP contribution in [0.5, 0.6) is 0 Å². The maximum absolute atomic E-state index is 12.0. The van der Waals surface area contributed by atoms with Crippen LogP contribution < -0.4 is 5.32 Å². The van der Waals surface area contributed by atoms with Gasteiger partial charge in [0.05, 0.1) is 13.5 Å². The molecule has 0 bridgehead atoms. The van der Waals surface area contributed by atoms with Gasteiger partial charge in [-0.3, -0.25) is 9.59 Å². The third kappa shape index (κ3) is 7.76. The van der Waals surface area contributed by atoms with Crippen molar-refractivity contribution >= 4 is 17.8 Å². The molecule has 1 N–H and O–H groups in total. The average Bonchev–Trinajstić information content (AvgIpc) is 2.50. The van der Waals surface area contributed by atoms with Crippen LogP contribution in [0.25, 0.3) is 0 Å². The first kappa shape index (κ1) is 19.7. The lowest BCUT2D eigenvalue weighted by Crippen LogP contribution is -2.44. The summed E-state index contributed by atoms with van der Waals surface area (Å²) in [6.07, 6.45) is 0.500. The Morgan fingerprint density at radius 1 is 1.12 bits per heavy atom. The van der Waals surface area contributed by atoms with E-state index in [2.05, 4.69) is 10.1 Å².